The number of hydrogen-bond donors (Lipinski definition) is 0. The number of hydrogen-bond acceptors (Lipinski definition) is 6. The van der Waals surface area contributed by atoms with Gasteiger partial charge < -0.3 is 4.57 Å². The van der Waals surface area contributed by atoms with E-state index in [1.54, 1.807) is 12.4 Å². The number of pyridine rings is 1. The van der Waals surface area contributed by atoms with Crippen molar-refractivity contribution < 1.29 is 9.31 Å². The fraction of sp³-hybridized carbons (Fsp3) is 0.133. The molecule has 0 atom stereocenters. The first kappa shape index (κ1) is 16.1. The van der Waals surface area contributed by atoms with Crippen LogP contribution in [0.5, 0.6) is 0 Å². The highest BCUT2D eigenvalue weighted by Gasteiger charge is 2.20. The molecule has 1 aromatic carbocycles. The molecule has 24 heavy (non-hydrogen) atoms. The van der Waals surface area contributed by atoms with Crippen LogP contribution in [0.3, 0.4) is 0 Å². The Labute approximate surface area is 140 Å². The standard InChI is InChI=1S/C15H12FN5O2S/c1-2-20-14(10-5-7-17-8-6-10)18-19-15(20)24-13-4-3-11(16)9-12(13)21(22)23/h3-9H,2H2,1H3. The number of aromatic nitrogens is 4. The molecule has 0 N–H and O–H groups in total. The largest absolute Gasteiger partial charge is 0.302 e. The van der Waals surface area contributed by atoms with Crippen molar-refractivity contribution in [2.45, 2.75) is 23.5 Å². The minimum atomic E-state index is -0.652. The molecule has 0 aliphatic rings. The van der Waals surface area contributed by atoms with Gasteiger partial charge in [0.25, 0.3) is 5.69 Å². The molecule has 3 rings (SSSR count). The number of benzene rings is 1. The van der Waals surface area contributed by atoms with Gasteiger partial charge in [0.15, 0.2) is 11.0 Å². The van der Waals surface area contributed by atoms with Crippen molar-refractivity contribution in [3.8, 4) is 11.4 Å². The summed E-state index contributed by atoms with van der Waals surface area (Å²) in [6, 6.07) is 7.08. The zero-order chi connectivity index (χ0) is 17.1. The first-order valence-corrected chi connectivity index (χ1v) is 7.87. The molecule has 7 nitrogen and oxygen atoms in total. The lowest BCUT2D eigenvalue weighted by Crippen LogP contribution is -2.00. The van der Waals surface area contributed by atoms with Crippen LogP contribution in [0.15, 0.2) is 52.8 Å². The molecule has 0 amide bonds. The normalized spacial score (nSPS) is 10.8. The van der Waals surface area contributed by atoms with Crippen LogP contribution >= 0.6 is 11.8 Å². The lowest BCUT2D eigenvalue weighted by Gasteiger charge is -2.07. The summed E-state index contributed by atoms with van der Waals surface area (Å²) in [5.41, 5.74) is 0.552. The number of halogens is 1. The van der Waals surface area contributed by atoms with Gasteiger partial charge in [-0.15, -0.1) is 10.2 Å². The SMILES string of the molecule is CCn1c(Sc2ccc(F)cc2[N+](=O)[O-])nnc1-c1ccncc1. The highest BCUT2D eigenvalue weighted by Crippen LogP contribution is 2.35. The molecule has 0 spiro atoms. The Bertz CT molecular complexity index is 885. The van der Waals surface area contributed by atoms with Gasteiger partial charge in [-0.05, 0) is 43.0 Å². The van der Waals surface area contributed by atoms with Crippen molar-refractivity contribution in [1.29, 1.82) is 0 Å². The van der Waals surface area contributed by atoms with Crippen LogP contribution in [0.2, 0.25) is 0 Å². The van der Waals surface area contributed by atoms with E-state index in [9.17, 15) is 14.5 Å². The summed E-state index contributed by atoms with van der Waals surface area (Å²) >= 11 is 1.08. The fourth-order valence-corrected chi connectivity index (χ4v) is 3.16. The number of rotatable bonds is 5. The van der Waals surface area contributed by atoms with E-state index in [4.69, 9.17) is 0 Å². The summed E-state index contributed by atoms with van der Waals surface area (Å²) in [5, 5.41) is 19.9. The van der Waals surface area contributed by atoms with Gasteiger partial charge in [0.2, 0.25) is 0 Å². The zero-order valence-electron chi connectivity index (χ0n) is 12.6. The van der Waals surface area contributed by atoms with E-state index in [1.165, 1.54) is 12.1 Å². The molecule has 0 saturated carbocycles. The third kappa shape index (κ3) is 3.11. The average molecular weight is 345 g/mol. The molecule has 0 aliphatic heterocycles. The van der Waals surface area contributed by atoms with E-state index in [0.29, 0.717) is 22.4 Å². The second-order valence-corrected chi connectivity index (χ2v) is 5.77. The third-order valence-corrected chi connectivity index (χ3v) is 4.34. The van der Waals surface area contributed by atoms with Crippen molar-refractivity contribution in [2.24, 2.45) is 0 Å². The Balaban J connectivity index is 2.00. The molecular weight excluding hydrogens is 333 g/mol. The molecular formula is C15H12FN5O2S. The van der Waals surface area contributed by atoms with Crippen molar-refractivity contribution >= 4 is 17.4 Å². The van der Waals surface area contributed by atoms with Crippen LogP contribution in [-0.4, -0.2) is 24.7 Å². The zero-order valence-corrected chi connectivity index (χ0v) is 13.4. The van der Waals surface area contributed by atoms with Crippen molar-refractivity contribution in [3.63, 3.8) is 0 Å². The maximum absolute atomic E-state index is 13.3. The summed E-state index contributed by atoms with van der Waals surface area (Å²) in [5.74, 6) is -0.00681. The fourth-order valence-electron chi connectivity index (χ4n) is 2.18. The lowest BCUT2D eigenvalue weighted by molar-refractivity contribution is -0.387. The van der Waals surface area contributed by atoms with E-state index in [1.807, 2.05) is 23.6 Å². The molecule has 122 valence electrons. The Morgan fingerprint density at radius 2 is 2.00 bits per heavy atom. The highest BCUT2D eigenvalue weighted by atomic mass is 32.2. The van der Waals surface area contributed by atoms with Gasteiger partial charge in [-0.1, -0.05) is 0 Å². The molecule has 9 heteroatoms. The highest BCUT2D eigenvalue weighted by molar-refractivity contribution is 7.99. The van der Waals surface area contributed by atoms with Gasteiger partial charge in [-0.3, -0.25) is 15.1 Å². The monoisotopic (exact) mass is 345 g/mol. The van der Waals surface area contributed by atoms with Gasteiger partial charge in [0, 0.05) is 24.5 Å². The quantitative estimate of drug-likeness (QED) is 0.519. The van der Waals surface area contributed by atoms with Crippen molar-refractivity contribution in [2.75, 3.05) is 0 Å². The van der Waals surface area contributed by atoms with Gasteiger partial charge in [-0.2, -0.15) is 0 Å². The Kier molecular flexibility index (Phi) is 4.52. The Morgan fingerprint density at radius 3 is 2.67 bits per heavy atom. The molecule has 0 unspecified atom stereocenters. The summed E-state index contributed by atoms with van der Waals surface area (Å²) in [7, 11) is 0. The van der Waals surface area contributed by atoms with E-state index in [-0.39, 0.29) is 5.69 Å². The van der Waals surface area contributed by atoms with Crippen LogP contribution in [0.25, 0.3) is 11.4 Å². The van der Waals surface area contributed by atoms with Gasteiger partial charge in [0.05, 0.1) is 15.9 Å². The van der Waals surface area contributed by atoms with Crippen LogP contribution in [0.1, 0.15) is 6.92 Å². The molecule has 0 radical (unpaired) electrons. The summed E-state index contributed by atoms with van der Waals surface area (Å²) in [6.45, 7) is 2.51. The van der Waals surface area contributed by atoms with Crippen LogP contribution in [0, 0.1) is 15.9 Å². The third-order valence-electron chi connectivity index (χ3n) is 3.29. The summed E-state index contributed by atoms with van der Waals surface area (Å²) < 4.78 is 15.1. The summed E-state index contributed by atoms with van der Waals surface area (Å²) in [4.78, 5) is 14.8. The molecule has 2 aromatic heterocycles. The molecule has 0 saturated heterocycles. The molecule has 2 heterocycles. The maximum atomic E-state index is 13.3. The maximum Gasteiger partial charge on any atom is 0.286 e. The van der Waals surface area contributed by atoms with E-state index in [0.717, 1.165) is 23.4 Å². The molecule has 0 aliphatic carbocycles. The Morgan fingerprint density at radius 1 is 1.25 bits per heavy atom. The molecule has 0 fully saturated rings. The smallest absolute Gasteiger partial charge is 0.286 e. The van der Waals surface area contributed by atoms with Crippen molar-refractivity contribution in [3.05, 3.63) is 58.7 Å². The second-order valence-electron chi connectivity index (χ2n) is 4.76. The number of nitro groups is 1. The lowest BCUT2D eigenvalue weighted by atomic mass is 10.2. The van der Waals surface area contributed by atoms with Crippen LogP contribution < -0.4 is 0 Å². The first-order valence-electron chi connectivity index (χ1n) is 7.05. The van der Waals surface area contributed by atoms with Crippen LogP contribution in [0.4, 0.5) is 10.1 Å². The van der Waals surface area contributed by atoms with Gasteiger partial charge in [0.1, 0.15) is 5.82 Å². The number of nitro benzene ring substituents is 1. The van der Waals surface area contributed by atoms with Crippen molar-refractivity contribution in [1.82, 2.24) is 19.7 Å². The topological polar surface area (TPSA) is 86.7 Å². The predicted molar refractivity (Wildman–Crippen MR) is 86.1 cm³/mol. The first-order chi connectivity index (χ1) is 11.6. The van der Waals surface area contributed by atoms with Gasteiger partial charge in [-0.25, -0.2) is 4.39 Å². The summed E-state index contributed by atoms with van der Waals surface area (Å²) in [6.07, 6.45) is 3.31. The Hall–Kier alpha value is -2.81. The second kappa shape index (κ2) is 6.75. The minimum absolute atomic E-state index is 0.295. The van der Waals surface area contributed by atoms with E-state index >= 15 is 0 Å². The minimum Gasteiger partial charge on any atom is -0.302 e. The van der Waals surface area contributed by atoms with E-state index in [2.05, 4.69) is 15.2 Å². The number of nitrogens with zero attached hydrogens (tertiary/aromatic N) is 5. The van der Waals surface area contributed by atoms with Crippen LogP contribution in [-0.2, 0) is 6.54 Å². The average Bonchev–Trinajstić information content (AvgIpc) is 2.99. The molecule has 3 aromatic rings. The van der Waals surface area contributed by atoms with Gasteiger partial charge >= 0.3 is 0 Å². The van der Waals surface area contributed by atoms with E-state index < -0.39 is 10.7 Å². The predicted octanol–water partition coefficient (Wildman–Crippen LogP) is 3.56. The molecule has 0 bridgehead atoms.